The second-order valence-corrected chi connectivity index (χ2v) is 7.27. The highest BCUT2D eigenvalue weighted by Gasteiger charge is 2.16. The molecule has 1 aliphatic rings. The van der Waals surface area contributed by atoms with Crippen molar-refractivity contribution in [1.82, 2.24) is 20.5 Å². The minimum absolute atomic E-state index is 0.561. The normalized spacial score (nSPS) is 14.0. The van der Waals surface area contributed by atoms with Crippen LogP contribution in [-0.2, 0) is 17.8 Å². The van der Waals surface area contributed by atoms with Crippen LogP contribution in [0.4, 0.5) is 11.6 Å². The summed E-state index contributed by atoms with van der Waals surface area (Å²) in [5.41, 5.74) is 3.59. The van der Waals surface area contributed by atoms with Crippen molar-refractivity contribution in [2.75, 3.05) is 43.6 Å². The van der Waals surface area contributed by atoms with Gasteiger partial charge < -0.3 is 20.3 Å². The molecule has 2 aromatic heterocycles. The van der Waals surface area contributed by atoms with E-state index >= 15 is 0 Å². The number of nitrogens with one attached hydrogen (secondary N) is 2. The fourth-order valence-corrected chi connectivity index (χ4v) is 3.66. The Hall–Kier alpha value is -3.28. The summed E-state index contributed by atoms with van der Waals surface area (Å²) in [6, 6.07) is 10.1. The molecular formula is C22H25N7O. The van der Waals surface area contributed by atoms with E-state index in [1.807, 2.05) is 38.4 Å². The first-order valence-electron chi connectivity index (χ1n) is 10.1. The zero-order valence-corrected chi connectivity index (χ0v) is 17.3. The number of hydrogen-bond donors (Lipinski definition) is 2. The Balaban J connectivity index is 1.69. The summed E-state index contributed by atoms with van der Waals surface area (Å²) in [6.45, 7) is 6.21. The summed E-state index contributed by atoms with van der Waals surface area (Å²) in [6.07, 6.45) is 1.88. The standard InChI is InChI=1S/C22H25N7O/c1-15-16(11-23)4-3-5-17(15)12-26-22-18-10-21(29-6-8-30-9-7-29)25-13-19(18)20(14-24-2)27-28-22/h3-5,10,13,24H,6-9,12,14H2,1-2H3,(H,26,28). The van der Waals surface area contributed by atoms with Crippen LogP contribution >= 0.6 is 0 Å². The van der Waals surface area contributed by atoms with Crippen LogP contribution in [0.3, 0.4) is 0 Å². The lowest BCUT2D eigenvalue weighted by Gasteiger charge is -2.28. The first-order valence-corrected chi connectivity index (χ1v) is 10.1. The van der Waals surface area contributed by atoms with Crippen molar-refractivity contribution in [3.63, 3.8) is 0 Å². The number of hydrogen-bond acceptors (Lipinski definition) is 8. The Labute approximate surface area is 175 Å². The third-order valence-corrected chi connectivity index (χ3v) is 5.42. The molecule has 0 spiro atoms. The van der Waals surface area contributed by atoms with Gasteiger partial charge in [0.15, 0.2) is 5.82 Å². The van der Waals surface area contributed by atoms with Gasteiger partial charge >= 0.3 is 0 Å². The van der Waals surface area contributed by atoms with E-state index in [0.717, 1.165) is 46.5 Å². The summed E-state index contributed by atoms with van der Waals surface area (Å²) in [5.74, 6) is 1.63. The average molecular weight is 403 g/mol. The van der Waals surface area contributed by atoms with E-state index < -0.39 is 0 Å². The molecular weight excluding hydrogens is 378 g/mol. The van der Waals surface area contributed by atoms with E-state index in [1.54, 1.807) is 0 Å². The van der Waals surface area contributed by atoms with E-state index in [4.69, 9.17) is 4.74 Å². The number of ether oxygens (including phenoxy) is 1. The Morgan fingerprint density at radius 1 is 1.17 bits per heavy atom. The van der Waals surface area contributed by atoms with Gasteiger partial charge in [-0.15, -0.1) is 5.10 Å². The second-order valence-electron chi connectivity index (χ2n) is 7.27. The van der Waals surface area contributed by atoms with Crippen LogP contribution in [0.2, 0.25) is 0 Å². The van der Waals surface area contributed by atoms with Gasteiger partial charge in [0.2, 0.25) is 0 Å². The Morgan fingerprint density at radius 2 is 2.00 bits per heavy atom. The molecule has 0 atom stereocenters. The fourth-order valence-electron chi connectivity index (χ4n) is 3.66. The molecule has 8 heteroatoms. The molecule has 0 unspecified atom stereocenters. The number of nitriles is 1. The van der Waals surface area contributed by atoms with E-state index in [-0.39, 0.29) is 0 Å². The Bertz CT molecular complexity index is 1090. The summed E-state index contributed by atoms with van der Waals surface area (Å²) in [4.78, 5) is 6.91. The van der Waals surface area contributed by atoms with Gasteiger partial charge in [0.05, 0.1) is 30.5 Å². The van der Waals surface area contributed by atoms with E-state index in [9.17, 15) is 5.26 Å². The van der Waals surface area contributed by atoms with Gasteiger partial charge in [-0.25, -0.2) is 4.98 Å². The van der Waals surface area contributed by atoms with Crippen molar-refractivity contribution in [2.45, 2.75) is 20.0 Å². The number of aromatic nitrogens is 3. The summed E-state index contributed by atoms with van der Waals surface area (Å²) < 4.78 is 5.47. The van der Waals surface area contributed by atoms with Crippen molar-refractivity contribution < 1.29 is 4.74 Å². The maximum absolute atomic E-state index is 9.29. The molecule has 30 heavy (non-hydrogen) atoms. The first kappa shape index (κ1) is 20.0. The average Bonchev–Trinajstić information content (AvgIpc) is 2.79. The van der Waals surface area contributed by atoms with Crippen LogP contribution in [0.5, 0.6) is 0 Å². The maximum Gasteiger partial charge on any atom is 0.157 e. The number of benzene rings is 1. The predicted octanol–water partition coefficient (Wildman–Crippen LogP) is 2.37. The summed E-state index contributed by atoms with van der Waals surface area (Å²) in [7, 11) is 1.89. The largest absolute Gasteiger partial charge is 0.378 e. The number of pyridine rings is 1. The molecule has 1 aliphatic heterocycles. The van der Waals surface area contributed by atoms with Crippen LogP contribution in [0.25, 0.3) is 10.8 Å². The minimum Gasteiger partial charge on any atom is -0.378 e. The van der Waals surface area contributed by atoms with Crippen LogP contribution in [0, 0.1) is 18.3 Å². The molecule has 0 saturated carbocycles. The third-order valence-electron chi connectivity index (χ3n) is 5.42. The first-order chi connectivity index (χ1) is 14.7. The Morgan fingerprint density at radius 3 is 2.77 bits per heavy atom. The van der Waals surface area contributed by atoms with Gasteiger partial charge in [-0.2, -0.15) is 10.4 Å². The molecule has 154 valence electrons. The molecule has 0 amide bonds. The molecule has 0 bridgehead atoms. The SMILES string of the molecule is CNCc1nnc(NCc2cccc(C#N)c2C)c2cc(N3CCOCC3)ncc12. The maximum atomic E-state index is 9.29. The van der Waals surface area contributed by atoms with Crippen molar-refractivity contribution in [2.24, 2.45) is 0 Å². The Kier molecular flexibility index (Phi) is 6.02. The lowest BCUT2D eigenvalue weighted by Crippen LogP contribution is -2.36. The van der Waals surface area contributed by atoms with E-state index in [1.165, 1.54) is 0 Å². The predicted molar refractivity (Wildman–Crippen MR) is 116 cm³/mol. The van der Waals surface area contributed by atoms with Crippen molar-refractivity contribution in [1.29, 1.82) is 5.26 Å². The van der Waals surface area contributed by atoms with Crippen molar-refractivity contribution in [3.05, 3.63) is 52.8 Å². The van der Waals surface area contributed by atoms with Crippen LogP contribution < -0.4 is 15.5 Å². The lowest BCUT2D eigenvalue weighted by atomic mass is 10.0. The van der Waals surface area contributed by atoms with Crippen molar-refractivity contribution in [3.8, 4) is 6.07 Å². The molecule has 0 aliphatic carbocycles. The quantitative estimate of drug-likeness (QED) is 0.647. The lowest BCUT2D eigenvalue weighted by molar-refractivity contribution is 0.122. The zero-order chi connectivity index (χ0) is 20.9. The number of fused-ring (bicyclic) bond motifs is 1. The zero-order valence-electron chi connectivity index (χ0n) is 17.3. The second kappa shape index (κ2) is 9.03. The van der Waals surface area contributed by atoms with Gasteiger partial charge in [0, 0.05) is 43.1 Å². The minimum atomic E-state index is 0.561. The topological polar surface area (TPSA) is 99.0 Å². The summed E-state index contributed by atoms with van der Waals surface area (Å²) >= 11 is 0. The number of nitrogens with zero attached hydrogens (tertiary/aromatic N) is 5. The molecule has 3 heterocycles. The third kappa shape index (κ3) is 4.03. The van der Waals surface area contributed by atoms with Crippen LogP contribution in [-0.4, -0.2) is 48.5 Å². The van der Waals surface area contributed by atoms with Gasteiger partial charge in [0.25, 0.3) is 0 Å². The molecule has 4 rings (SSSR count). The van der Waals surface area contributed by atoms with Crippen LogP contribution in [0.15, 0.2) is 30.5 Å². The molecule has 1 aromatic carbocycles. The van der Waals surface area contributed by atoms with Gasteiger partial charge in [0.1, 0.15) is 5.82 Å². The van der Waals surface area contributed by atoms with Crippen LogP contribution in [0.1, 0.15) is 22.4 Å². The number of rotatable bonds is 6. The van der Waals surface area contributed by atoms with E-state index in [2.05, 4.69) is 42.9 Å². The monoisotopic (exact) mass is 403 g/mol. The highest BCUT2D eigenvalue weighted by atomic mass is 16.5. The molecule has 1 fully saturated rings. The molecule has 1 saturated heterocycles. The van der Waals surface area contributed by atoms with Gasteiger partial charge in [-0.05, 0) is 37.2 Å². The smallest absolute Gasteiger partial charge is 0.157 e. The molecule has 3 aromatic rings. The van der Waals surface area contributed by atoms with Crippen molar-refractivity contribution >= 4 is 22.4 Å². The molecule has 0 radical (unpaired) electrons. The fraction of sp³-hybridized carbons (Fsp3) is 0.364. The summed E-state index contributed by atoms with van der Waals surface area (Å²) in [5, 5.41) is 26.7. The van der Waals surface area contributed by atoms with Gasteiger partial charge in [-0.3, -0.25) is 0 Å². The van der Waals surface area contributed by atoms with Gasteiger partial charge in [-0.1, -0.05) is 12.1 Å². The molecule has 2 N–H and O–H groups in total. The molecule has 8 nitrogen and oxygen atoms in total. The number of morpholine rings is 1. The highest BCUT2D eigenvalue weighted by Crippen LogP contribution is 2.27. The number of anilines is 2. The van der Waals surface area contributed by atoms with E-state index in [0.29, 0.717) is 37.7 Å². The highest BCUT2D eigenvalue weighted by molar-refractivity contribution is 5.94.